The summed E-state index contributed by atoms with van der Waals surface area (Å²) in [6.45, 7) is 0.852. The summed E-state index contributed by atoms with van der Waals surface area (Å²) < 4.78 is 0. The first-order chi connectivity index (χ1) is 6.81. The van der Waals surface area contributed by atoms with Gasteiger partial charge in [0.15, 0.2) is 0 Å². The van der Waals surface area contributed by atoms with Crippen molar-refractivity contribution in [1.29, 1.82) is 0 Å². The van der Waals surface area contributed by atoms with Gasteiger partial charge in [0.25, 0.3) is 0 Å². The Morgan fingerprint density at radius 3 is 2.93 bits per heavy atom. The number of nitrogens with one attached hydrogen (secondary N) is 2. The smallest absolute Gasteiger partial charge is 0.225 e. The summed E-state index contributed by atoms with van der Waals surface area (Å²) in [5, 5.41) is 6.00. The molecule has 1 amide bonds. The van der Waals surface area contributed by atoms with Crippen molar-refractivity contribution in [1.82, 2.24) is 5.32 Å². The fraction of sp³-hybridized carbons (Fsp3) is 0.364. The van der Waals surface area contributed by atoms with Crippen LogP contribution in [0.25, 0.3) is 0 Å². The number of halogens is 1. The Morgan fingerprint density at radius 1 is 1.47 bits per heavy atom. The second kappa shape index (κ2) is 5.14. The third-order valence-electron chi connectivity index (χ3n) is 2.56. The first-order valence-electron chi connectivity index (χ1n) is 4.84. The molecule has 1 unspecified atom stereocenters. The first-order valence-corrected chi connectivity index (χ1v) is 4.84. The highest BCUT2D eigenvalue weighted by Crippen LogP contribution is 2.31. The van der Waals surface area contributed by atoms with E-state index in [9.17, 15) is 4.79 Å². The van der Waals surface area contributed by atoms with E-state index in [-0.39, 0.29) is 18.3 Å². The number of rotatable bonds is 2. The van der Waals surface area contributed by atoms with Crippen LogP contribution in [0, 0.1) is 0 Å². The molecule has 0 aromatic heterocycles. The summed E-state index contributed by atoms with van der Waals surface area (Å²) in [6.07, 6.45) is 0.581. The van der Waals surface area contributed by atoms with Crippen LogP contribution >= 0.6 is 12.4 Å². The van der Waals surface area contributed by atoms with E-state index in [4.69, 9.17) is 0 Å². The molecule has 0 radical (unpaired) electrons. The van der Waals surface area contributed by atoms with Crippen LogP contribution in [0.2, 0.25) is 0 Å². The molecule has 1 heterocycles. The highest BCUT2D eigenvalue weighted by atomic mass is 35.5. The zero-order valence-corrected chi connectivity index (χ0v) is 9.43. The molecule has 1 aromatic rings. The van der Waals surface area contributed by atoms with Crippen LogP contribution in [0.15, 0.2) is 24.3 Å². The van der Waals surface area contributed by atoms with Gasteiger partial charge in [-0.15, -0.1) is 12.4 Å². The molecule has 0 saturated carbocycles. The third-order valence-corrected chi connectivity index (χ3v) is 2.56. The molecule has 1 aliphatic rings. The highest BCUT2D eigenvalue weighted by molar-refractivity contribution is 5.94. The minimum absolute atomic E-state index is 0. The zero-order chi connectivity index (χ0) is 9.97. The molecule has 0 fully saturated rings. The second-order valence-electron chi connectivity index (χ2n) is 3.59. The van der Waals surface area contributed by atoms with Gasteiger partial charge in [0, 0.05) is 24.6 Å². The number of likely N-dealkylation sites (N-methyl/N-ethyl adjacent to an activating group) is 1. The van der Waals surface area contributed by atoms with Crippen molar-refractivity contribution in [2.45, 2.75) is 12.3 Å². The minimum atomic E-state index is 0. The summed E-state index contributed by atoms with van der Waals surface area (Å²) in [5.41, 5.74) is 2.20. The van der Waals surface area contributed by atoms with Gasteiger partial charge in [-0.2, -0.15) is 0 Å². The number of hydrogen-bond donors (Lipinski definition) is 2. The quantitative estimate of drug-likeness (QED) is 0.807. The fourth-order valence-corrected chi connectivity index (χ4v) is 1.93. The molecule has 1 atom stereocenters. The van der Waals surface area contributed by atoms with E-state index >= 15 is 0 Å². The first kappa shape index (κ1) is 12.0. The second-order valence-corrected chi connectivity index (χ2v) is 3.59. The summed E-state index contributed by atoms with van der Waals surface area (Å²) >= 11 is 0. The standard InChI is InChI=1S/C11H14N2O.ClH/c1-12-7-8-6-11(14)13-10-5-3-2-4-9(8)10;/h2-5,8,12H,6-7H2,1H3,(H,13,14);1H. The Labute approximate surface area is 95.7 Å². The fourth-order valence-electron chi connectivity index (χ4n) is 1.93. The van der Waals surface area contributed by atoms with Gasteiger partial charge in [0.2, 0.25) is 5.91 Å². The number of amides is 1. The molecular weight excluding hydrogens is 212 g/mol. The molecule has 82 valence electrons. The van der Waals surface area contributed by atoms with E-state index in [0.29, 0.717) is 12.3 Å². The van der Waals surface area contributed by atoms with E-state index in [2.05, 4.69) is 16.7 Å². The van der Waals surface area contributed by atoms with Crippen LogP contribution in [0.4, 0.5) is 5.69 Å². The lowest BCUT2D eigenvalue weighted by Gasteiger charge is -2.25. The van der Waals surface area contributed by atoms with Gasteiger partial charge < -0.3 is 10.6 Å². The van der Waals surface area contributed by atoms with Gasteiger partial charge in [0.05, 0.1) is 0 Å². The van der Waals surface area contributed by atoms with Crippen LogP contribution in [-0.4, -0.2) is 19.5 Å². The Kier molecular flexibility index (Phi) is 4.12. The number of benzene rings is 1. The predicted octanol–water partition coefficient (Wildman–Crippen LogP) is 1.75. The Bertz CT molecular complexity index is 354. The summed E-state index contributed by atoms with van der Waals surface area (Å²) in [6, 6.07) is 7.99. The lowest BCUT2D eigenvalue weighted by Crippen LogP contribution is -2.28. The van der Waals surface area contributed by atoms with Crippen LogP contribution in [-0.2, 0) is 4.79 Å². The van der Waals surface area contributed by atoms with Crippen LogP contribution in [0.5, 0.6) is 0 Å². The van der Waals surface area contributed by atoms with Crippen molar-refractivity contribution < 1.29 is 4.79 Å². The highest BCUT2D eigenvalue weighted by Gasteiger charge is 2.23. The molecule has 0 aliphatic carbocycles. The van der Waals surface area contributed by atoms with Crippen LogP contribution < -0.4 is 10.6 Å². The molecule has 15 heavy (non-hydrogen) atoms. The summed E-state index contributed by atoms with van der Waals surface area (Å²) in [5.74, 6) is 0.425. The molecule has 3 nitrogen and oxygen atoms in total. The third kappa shape index (κ3) is 2.49. The zero-order valence-electron chi connectivity index (χ0n) is 8.62. The van der Waals surface area contributed by atoms with E-state index in [1.54, 1.807) is 0 Å². The average Bonchev–Trinajstić information content (AvgIpc) is 2.18. The van der Waals surface area contributed by atoms with Gasteiger partial charge in [-0.3, -0.25) is 4.79 Å². The molecule has 2 rings (SSSR count). The van der Waals surface area contributed by atoms with E-state index in [1.165, 1.54) is 5.56 Å². The van der Waals surface area contributed by atoms with E-state index in [0.717, 1.165) is 12.2 Å². The van der Waals surface area contributed by atoms with Crippen molar-refractivity contribution in [3.63, 3.8) is 0 Å². The number of fused-ring (bicyclic) bond motifs is 1. The average molecular weight is 227 g/mol. The van der Waals surface area contributed by atoms with Gasteiger partial charge in [-0.25, -0.2) is 0 Å². The monoisotopic (exact) mass is 226 g/mol. The van der Waals surface area contributed by atoms with Crippen molar-refractivity contribution in [2.75, 3.05) is 18.9 Å². The lowest BCUT2D eigenvalue weighted by molar-refractivity contribution is -0.116. The van der Waals surface area contributed by atoms with Crippen molar-refractivity contribution >= 4 is 24.0 Å². The molecule has 0 spiro atoms. The Morgan fingerprint density at radius 2 is 2.20 bits per heavy atom. The number of carbonyl (C=O) groups excluding carboxylic acids is 1. The Hall–Kier alpha value is -1.06. The summed E-state index contributed by atoms with van der Waals surface area (Å²) in [4.78, 5) is 11.4. The normalized spacial score (nSPS) is 18.7. The largest absolute Gasteiger partial charge is 0.326 e. The van der Waals surface area contributed by atoms with Gasteiger partial charge >= 0.3 is 0 Å². The maximum Gasteiger partial charge on any atom is 0.225 e. The number of carbonyl (C=O) groups is 1. The molecule has 4 heteroatoms. The van der Waals surface area contributed by atoms with Crippen molar-refractivity contribution in [2.24, 2.45) is 0 Å². The van der Waals surface area contributed by atoms with Crippen LogP contribution in [0.1, 0.15) is 17.9 Å². The lowest BCUT2D eigenvalue weighted by atomic mass is 9.90. The maximum atomic E-state index is 11.4. The van der Waals surface area contributed by atoms with Gasteiger partial charge in [-0.05, 0) is 18.7 Å². The Balaban J connectivity index is 0.00000112. The predicted molar refractivity (Wildman–Crippen MR) is 63.6 cm³/mol. The van der Waals surface area contributed by atoms with Gasteiger partial charge in [-0.1, -0.05) is 18.2 Å². The molecule has 0 saturated heterocycles. The number of para-hydroxylation sites is 1. The van der Waals surface area contributed by atoms with Crippen molar-refractivity contribution in [3.05, 3.63) is 29.8 Å². The van der Waals surface area contributed by atoms with E-state index < -0.39 is 0 Å². The molecule has 1 aromatic carbocycles. The number of hydrogen-bond acceptors (Lipinski definition) is 2. The minimum Gasteiger partial charge on any atom is -0.326 e. The molecule has 0 bridgehead atoms. The SMILES string of the molecule is CNCC1CC(=O)Nc2ccccc21.Cl. The molecular formula is C11H15ClN2O. The van der Waals surface area contributed by atoms with Crippen molar-refractivity contribution in [3.8, 4) is 0 Å². The van der Waals surface area contributed by atoms with Gasteiger partial charge in [0.1, 0.15) is 0 Å². The topological polar surface area (TPSA) is 41.1 Å². The number of anilines is 1. The van der Waals surface area contributed by atoms with E-state index in [1.807, 2.05) is 25.2 Å². The molecule has 2 N–H and O–H groups in total. The summed E-state index contributed by atoms with van der Waals surface area (Å²) in [7, 11) is 1.91. The maximum absolute atomic E-state index is 11.4. The van der Waals surface area contributed by atoms with Crippen LogP contribution in [0.3, 0.4) is 0 Å². The molecule has 1 aliphatic heterocycles.